The summed E-state index contributed by atoms with van der Waals surface area (Å²) in [5.74, 6) is -0.217. The third-order valence-electron chi connectivity index (χ3n) is 6.10. The first-order valence-electron chi connectivity index (χ1n) is 10.1. The third kappa shape index (κ3) is 4.31. The first-order chi connectivity index (χ1) is 13.5. The Balaban J connectivity index is 0.00000240. The molecule has 5 nitrogen and oxygen atoms in total. The molecule has 1 heterocycles. The minimum atomic E-state index is -0.457. The predicted molar refractivity (Wildman–Crippen MR) is 119 cm³/mol. The fourth-order valence-corrected chi connectivity index (χ4v) is 4.42. The van der Waals surface area contributed by atoms with Crippen molar-refractivity contribution in [1.82, 2.24) is 0 Å². The zero-order valence-electron chi connectivity index (χ0n) is 16.7. The Morgan fingerprint density at radius 2 is 1.83 bits per heavy atom. The number of nitrogens with one attached hydrogen (secondary N) is 1. The minimum absolute atomic E-state index is 0. The number of hydrogen-bond donors (Lipinski definition) is 2. The second kappa shape index (κ2) is 8.56. The van der Waals surface area contributed by atoms with Crippen LogP contribution >= 0.6 is 12.4 Å². The summed E-state index contributed by atoms with van der Waals surface area (Å²) in [5.41, 5.74) is 9.40. The molecule has 3 N–H and O–H groups in total. The fourth-order valence-electron chi connectivity index (χ4n) is 4.42. The minimum Gasteiger partial charge on any atom is -0.326 e. The Hall–Kier alpha value is -2.37. The highest BCUT2D eigenvalue weighted by atomic mass is 35.5. The van der Waals surface area contributed by atoms with Gasteiger partial charge in [-0.15, -0.1) is 12.4 Å². The van der Waals surface area contributed by atoms with E-state index in [0.29, 0.717) is 17.8 Å². The molecule has 1 aliphatic carbocycles. The Morgan fingerprint density at radius 1 is 1.10 bits per heavy atom. The molecule has 1 saturated carbocycles. The number of hydrogen-bond acceptors (Lipinski definition) is 3. The summed E-state index contributed by atoms with van der Waals surface area (Å²) < 4.78 is 0. The van der Waals surface area contributed by atoms with Crippen LogP contribution in [0.2, 0.25) is 0 Å². The molecule has 29 heavy (non-hydrogen) atoms. The molecule has 2 atom stereocenters. The van der Waals surface area contributed by atoms with E-state index in [2.05, 4.69) is 11.4 Å². The number of amides is 2. The lowest BCUT2D eigenvalue weighted by Crippen LogP contribution is -2.51. The van der Waals surface area contributed by atoms with Gasteiger partial charge in [0.15, 0.2) is 0 Å². The number of anilines is 2. The second-order valence-corrected chi connectivity index (χ2v) is 8.21. The molecule has 0 saturated heterocycles. The van der Waals surface area contributed by atoms with Gasteiger partial charge in [-0.1, -0.05) is 31.0 Å². The van der Waals surface area contributed by atoms with Crippen molar-refractivity contribution in [3.63, 3.8) is 0 Å². The van der Waals surface area contributed by atoms with E-state index in [1.54, 1.807) is 24.3 Å². The lowest BCUT2D eigenvalue weighted by atomic mass is 9.74. The summed E-state index contributed by atoms with van der Waals surface area (Å²) in [6.45, 7) is 2.67. The Labute approximate surface area is 178 Å². The predicted octanol–water partition coefficient (Wildman–Crippen LogP) is 4.16. The zero-order chi connectivity index (χ0) is 19.7. The summed E-state index contributed by atoms with van der Waals surface area (Å²) >= 11 is 0. The van der Waals surface area contributed by atoms with E-state index >= 15 is 0 Å². The number of nitrogens with two attached hydrogens (primary N) is 1. The van der Waals surface area contributed by atoms with Gasteiger partial charge in [0.2, 0.25) is 5.91 Å². The van der Waals surface area contributed by atoms with Crippen molar-refractivity contribution < 1.29 is 9.59 Å². The van der Waals surface area contributed by atoms with Crippen LogP contribution in [0.4, 0.5) is 11.4 Å². The van der Waals surface area contributed by atoms with Crippen LogP contribution in [0, 0.1) is 5.92 Å². The van der Waals surface area contributed by atoms with Crippen molar-refractivity contribution in [2.75, 3.05) is 16.8 Å². The van der Waals surface area contributed by atoms with Crippen molar-refractivity contribution in [1.29, 1.82) is 0 Å². The highest BCUT2D eigenvalue weighted by Gasteiger charge is 2.37. The number of carbonyl (C=O) groups is 2. The van der Waals surface area contributed by atoms with Crippen LogP contribution < -0.4 is 16.0 Å². The van der Waals surface area contributed by atoms with E-state index < -0.39 is 5.54 Å². The van der Waals surface area contributed by atoms with E-state index in [0.717, 1.165) is 37.8 Å². The first-order valence-corrected chi connectivity index (χ1v) is 10.1. The van der Waals surface area contributed by atoms with Gasteiger partial charge in [-0.25, -0.2) is 0 Å². The van der Waals surface area contributed by atoms with Crippen LogP contribution in [0.3, 0.4) is 0 Å². The maximum atomic E-state index is 12.9. The van der Waals surface area contributed by atoms with Gasteiger partial charge in [0.1, 0.15) is 0 Å². The number of benzene rings is 2. The number of rotatable bonds is 3. The number of nitrogens with zero attached hydrogens (tertiary/aromatic N) is 1. The average molecular weight is 414 g/mol. The monoisotopic (exact) mass is 413 g/mol. The molecule has 2 aliphatic rings. The SMILES string of the molecule is CC1(N)CCCCC1C(=O)Nc1ccc(C(=O)N2CCc3ccccc32)cc1.Cl. The van der Waals surface area contributed by atoms with Crippen LogP contribution in [0.5, 0.6) is 0 Å². The van der Waals surface area contributed by atoms with E-state index in [9.17, 15) is 9.59 Å². The van der Waals surface area contributed by atoms with Crippen molar-refractivity contribution in [2.24, 2.45) is 11.7 Å². The molecule has 0 bridgehead atoms. The van der Waals surface area contributed by atoms with Gasteiger partial charge in [0.05, 0.1) is 5.92 Å². The molecule has 0 aromatic heterocycles. The molecule has 2 unspecified atom stereocenters. The summed E-state index contributed by atoms with van der Waals surface area (Å²) in [6.07, 6.45) is 4.69. The molecule has 4 rings (SSSR count). The van der Waals surface area contributed by atoms with E-state index in [-0.39, 0.29) is 30.1 Å². The van der Waals surface area contributed by atoms with Crippen LogP contribution in [0.1, 0.15) is 48.5 Å². The van der Waals surface area contributed by atoms with E-state index in [4.69, 9.17) is 5.73 Å². The summed E-state index contributed by atoms with van der Waals surface area (Å²) in [6, 6.07) is 15.2. The molecule has 1 fully saturated rings. The summed E-state index contributed by atoms with van der Waals surface area (Å²) in [4.78, 5) is 27.4. The molecular weight excluding hydrogens is 386 g/mol. The fraction of sp³-hybridized carbons (Fsp3) is 0.391. The zero-order valence-corrected chi connectivity index (χ0v) is 17.5. The smallest absolute Gasteiger partial charge is 0.258 e. The largest absolute Gasteiger partial charge is 0.326 e. The molecular formula is C23H28ClN3O2. The Bertz CT molecular complexity index is 895. The summed E-state index contributed by atoms with van der Waals surface area (Å²) in [7, 11) is 0. The lowest BCUT2D eigenvalue weighted by Gasteiger charge is -2.37. The van der Waals surface area contributed by atoms with E-state index in [1.165, 1.54) is 5.56 Å². The maximum absolute atomic E-state index is 12.9. The molecule has 6 heteroatoms. The van der Waals surface area contributed by atoms with Gasteiger partial charge in [-0.3, -0.25) is 9.59 Å². The van der Waals surface area contributed by atoms with Gasteiger partial charge in [-0.05, 0) is 62.1 Å². The normalized spacial score (nSPS) is 23.1. The number of fused-ring (bicyclic) bond motifs is 1. The van der Waals surface area contributed by atoms with Crippen molar-refractivity contribution in [3.05, 3.63) is 59.7 Å². The van der Waals surface area contributed by atoms with Gasteiger partial charge in [0, 0.05) is 29.0 Å². The van der Waals surface area contributed by atoms with Crippen molar-refractivity contribution in [2.45, 2.75) is 44.6 Å². The van der Waals surface area contributed by atoms with Crippen LogP contribution in [0.25, 0.3) is 0 Å². The number of para-hydroxylation sites is 1. The molecule has 154 valence electrons. The van der Waals surface area contributed by atoms with E-state index in [1.807, 2.05) is 30.0 Å². The van der Waals surface area contributed by atoms with Gasteiger partial charge in [0.25, 0.3) is 5.91 Å². The van der Waals surface area contributed by atoms with Gasteiger partial charge < -0.3 is 16.0 Å². The summed E-state index contributed by atoms with van der Waals surface area (Å²) in [5, 5.41) is 2.97. The molecule has 2 aromatic carbocycles. The lowest BCUT2D eigenvalue weighted by molar-refractivity contribution is -0.122. The third-order valence-corrected chi connectivity index (χ3v) is 6.10. The molecule has 1 aliphatic heterocycles. The topological polar surface area (TPSA) is 75.4 Å². The molecule has 2 aromatic rings. The van der Waals surface area contributed by atoms with Crippen LogP contribution in [-0.4, -0.2) is 23.9 Å². The van der Waals surface area contributed by atoms with Crippen LogP contribution in [0.15, 0.2) is 48.5 Å². The molecule has 0 spiro atoms. The number of halogens is 1. The number of carbonyl (C=O) groups excluding carboxylic acids is 2. The van der Waals surface area contributed by atoms with Gasteiger partial charge in [-0.2, -0.15) is 0 Å². The Kier molecular flexibility index (Phi) is 6.30. The highest BCUT2D eigenvalue weighted by Crippen LogP contribution is 2.33. The molecule has 0 radical (unpaired) electrons. The molecule has 2 amide bonds. The van der Waals surface area contributed by atoms with Crippen LogP contribution in [-0.2, 0) is 11.2 Å². The highest BCUT2D eigenvalue weighted by molar-refractivity contribution is 6.07. The second-order valence-electron chi connectivity index (χ2n) is 8.21. The average Bonchev–Trinajstić information content (AvgIpc) is 3.11. The van der Waals surface area contributed by atoms with Gasteiger partial charge >= 0.3 is 0 Å². The first kappa shape index (κ1) is 21.3. The Morgan fingerprint density at radius 3 is 2.55 bits per heavy atom. The standard InChI is InChI=1S/C23H27N3O2.ClH/c1-23(24)14-5-4-7-19(23)21(27)25-18-11-9-17(10-12-18)22(28)26-15-13-16-6-2-3-8-20(16)26;/h2-3,6,8-12,19H,4-5,7,13-15,24H2,1H3,(H,25,27);1H. The maximum Gasteiger partial charge on any atom is 0.258 e. The van der Waals surface area contributed by atoms with Crippen molar-refractivity contribution in [3.8, 4) is 0 Å². The van der Waals surface area contributed by atoms with Crippen molar-refractivity contribution >= 4 is 35.6 Å². The quantitative estimate of drug-likeness (QED) is 0.793.